The number of hydrogen-bond donors (Lipinski definition) is 1. The number of amides is 3. The number of furan rings is 1. The van der Waals surface area contributed by atoms with Crippen molar-refractivity contribution in [3.63, 3.8) is 0 Å². The smallest absolute Gasteiger partial charge is 0.322 e. The largest absolute Gasteiger partial charge is 0.493 e. The second-order valence-electron chi connectivity index (χ2n) is 10.1. The van der Waals surface area contributed by atoms with Crippen LogP contribution in [0, 0.1) is 0 Å². The average molecular weight is 595 g/mol. The Bertz CT molecular complexity index is 1290. The van der Waals surface area contributed by atoms with Gasteiger partial charge in [0.25, 0.3) is 0 Å². The normalized spacial score (nSPS) is 13.3. The fourth-order valence-corrected chi connectivity index (χ4v) is 4.83. The fourth-order valence-electron chi connectivity index (χ4n) is 4.83. The molecule has 0 aliphatic carbocycles. The lowest BCUT2D eigenvalue weighted by molar-refractivity contribution is -0.132. The van der Waals surface area contributed by atoms with Gasteiger partial charge in [-0.15, -0.1) is 0 Å². The molecular formula is C32H42N4O7. The van der Waals surface area contributed by atoms with E-state index in [1.165, 1.54) is 0 Å². The minimum Gasteiger partial charge on any atom is -0.493 e. The summed E-state index contributed by atoms with van der Waals surface area (Å²) in [6.45, 7) is 6.83. The summed E-state index contributed by atoms with van der Waals surface area (Å²) in [6.07, 6.45) is 2.17. The summed E-state index contributed by atoms with van der Waals surface area (Å²) >= 11 is 0. The molecule has 3 amide bonds. The highest BCUT2D eigenvalue weighted by Gasteiger charge is 2.24. The third-order valence-electron chi connectivity index (χ3n) is 7.23. The molecule has 0 unspecified atom stereocenters. The number of carbonyl (C=O) groups excluding carboxylic acids is 2. The van der Waals surface area contributed by atoms with E-state index in [4.69, 9.17) is 23.4 Å². The predicted molar refractivity (Wildman–Crippen MR) is 163 cm³/mol. The van der Waals surface area contributed by atoms with E-state index in [1.54, 1.807) is 42.4 Å². The van der Waals surface area contributed by atoms with E-state index < -0.39 is 0 Å². The Morgan fingerprint density at radius 3 is 2.44 bits per heavy atom. The van der Waals surface area contributed by atoms with Crippen LogP contribution < -0.4 is 19.5 Å². The molecule has 1 N–H and O–H groups in total. The van der Waals surface area contributed by atoms with E-state index in [-0.39, 0.29) is 25.0 Å². The third-order valence-corrected chi connectivity index (χ3v) is 7.23. The lowest BCUT2D eigenvalue weighted by atomic mass is 10.1. The monoisotopic (exact) mass is 594 g/mol. The zero-order valence-corrected chi connectivity index (χ0v) is 25.3. The molecule has 0 bridgehead atoms. The highest BCUT2D eigenvalue weighted by Crippen LogP contribution is 2.28. The van der Waals surface area contributed by atoms with Crippen LogP contribution in [0.1, 0.15) is 18.2 Å². The van der Waals surface area contributed by atoms with Crippen molar-refractivity contribution >= 4 is 17.6 Å². The van der Waals surface area contributed by atoms with Gasteiger partial charge in [-0.05, 0) is 55.3 Å². The number of anilines is 1. The van der Waals surface area contributed by atoms with Crippen LogP contribution in [0.25, 0.3) is 0 Å². The van der Waals surface area contributed by atoms with E-state index in [0.29, 0.717) is 74.6 Å². The van der Waals surface area contributed by atoms with Crippen LogP contribution >= 0.6 is 0 Å². The Labute approximate surface area is 253 Å². The lowest BCUT2D eigenvalue weighted by Crippen LogP contribution is -2.48. The molecule has 0 atom stereocenters. The van der Waals surface area contributed by atoms with Crippen molar-refractivity contribution in [2.45, 2.75) is 19.9 Å². The van der Waals surface area contributed by atoms with Gasteiger partial charge in [0.05, 0.1) is 52.5 Å². The van der Waals surface area contributed by atoms with Gasteiger partial charge in [-0.1, -0.05) is 18.2 Å². The Morgan fingerprint density at radius 2 is 1.72 bits per heavy atom. The number of hydrogen-bond acceptors (Lipinski definition) is 8. The van der Waals surface area contributed by atoms with Crippen LogP contribution in [0.4, 0.5) is 10.5 Å². The standard InChI is InChI=1S/C32H42N4O7/c1-4-42-28-10-6-5-9-27(28)33-32(38)36(16-15-34-17-20-41-21-18-34)24-31(37)35(23-26-8-7-19-43-26)14-13-25-11-12-29(39-2)30(22-25)40-3/h5-12,19,22H,4,13-18,20-21,23-24H2,1-3H3,(H,33,38). The summed E-state index contributed by atoms with van der Waals surface area (Å²) in [5.41, 5.74) is 1.54. The number of morpholine rings is 1. The molecule has 0 radical (unpaired) electrons. The van der Waals surface area contributed by atoms with Crippen LogP contribution in [0.5, 0.6) is 17.2 Å². The topological polar surface area (TPSA) is 106 Å². The van der Waals surface area contributed by atoms with Gasteiger partial charge in [0.2, 0.25) is 5.91 Å². The van der Waals surface area contributed by atoms with Gasteiger partial charge in [0.1, 0.15) is 18.1 Å². The molecule has 1 aliphatic heterocycles. The maximum atomic E-state index is 13.9. The van der Waals surface area contributed by atoms with Gasteiger partial charge >= 0.3 is 6.03 Å². The number of methoxy groups -OCH3 is 2. The number of ether oxygens (including phenoxy) is 4. The first kappa shape index (κ1) is 31.7. The van der Waals surface area contributed by atoms with E-state index in [1.807, 2.05) is 49.4 Å². The molecule has 11 nitrogen and oxygen atoms in total. The molecule has 2 aromatic carbocycles. The lowest BCUT2D eigenvalue weighted by Gasteiger charge is -2.31. The van der Waals surface area contributed by atoms with Gasteiger partial charge in [0.15, 0.2) is 11.5 Å². The van der Waals surface area contributed by atoms with Crippen LogP contribution in [0.3, 0.4) is 0 Å². The van der Waals surface area contributed by atoms with Crippen LogP contribution in [-0.4, -0.2) is 99.9 Å². The molecule has 0 spiro atoms. The molecule has 0 saturated carbocycles. The molecular weight excluding hydrogens is 552 g/mol. The number of carbonyl (C=O) groups is 2. The van der Waals surface area contributed by atoms with E-state index in [2.05, 4.69) is 10.2 Å². The van der Waals surface area contributed by atoms with Gasteiger partial charge in [-0.3, -0.25) is 9.69 Å². The SMILES string of the molecule is CCOc1ccccc1NC(=O)N(CCN1CCOCC1)CC(=O)N(CCc1ccc(OC)c(OC)c1)Cc1ccco1. The molecule has 1 fully saturated rings. The summed E-state index contributed by atoms with van der Waals surface area (Å²) in [4.78, 5) is 33.0. The molecule has 1 saturated heterocycles. The molecule has 43 heavy (non-hydrogen) atoms. The van der Waals surface area contributed by atoms with E-state index in [9.17, 15) is 9.59 Å². The Kier molecular flexibility index (Phi) is 12.1. The van der Waals surface area contributed by atoms with Crippen molar-refractivity contribution in [2.24, 2.45) is 0 Å². The summed E-state index contributed by atoms with van der Waals surface area (Å²) in [7, 11) is 3.19. The van der Waals surface area contributed by atoms with Gasteiger partial charge in [-0.2, -0.15) is 0 Å². The molecule has 232 valence electrons. The Balaban J connectivity index is 1.50. The van der Waals surface area contributed by atoms with Gasteiger partial charge < -0.3 is 38.5 Å². The highest BCUT2D eigenvalue weighted by atomic mass is 16.5. The minimum absolute atomic E-state index is 0.0976. The second-order valence-corrected chi connectivity index (χ2v) is 10.1. The fraction of sp³-hybridized carbons (Fsp3) is 0.438. The summed E-state index contributed by atoms with van der Waals surface area (Å²) in [5.74, 6) is 2.32. The number of para-hydroxylation sites is 2. The number of nitrogens with zero attached hydrogens (tertiary/aromatic N) is 3. The minimum atomic E-state index is -0.369. The Hall–Kier alpha value is -4.22. The first-order valence-corrected chi connectivity index (χ1v) is 14.6. The zero-order chi connectivity index (χ0) is 30.4. The van der Waals surface area contributed by atoms with E-state index in [0.717, 1.165) is 18.7 Å². The average Bonchev–Trinajstić information content (AvgIpc) is 3.55. The Morgan fingerprint density at radius 1 is 0.930 bits per heavy atom. The van der Waals surface area contributed by atoms with Crippen molar-refractivity contribution in [3.05, 3.63) is 72.2 Å². The summed E-state index contributed by atoms with van der Waals surface area (Å²) in [6, 6.07) is 16.3. The number of benzene rings is 2. The van der Waals surface area contributed by atoms with Crippen molar-refractivity contribution in [1.29, 1.82) is 0 Å². The number of urea groups is 1. The molecule has 1 aliphatic rings. The van der Waals surface area contributed by atoms with Crippen molar-refractivity contribution in [1.82, 2.24) is 14.7 Å². The van der Waals surface area contributed by atoms with Gasteiger partial charge in [-0.25, -0.2) is 4.79 Å². The molecule has 1 aromatic heterocycles. The third kappa shape index (κ3) is 9.39. The zero-order valence-electron chi connectivity index (χ0n) is 25.3. The van der Waals surface area contributed by atoms with Gasteiger partial charge in [0, 0.05) is 32.7 Å². The molecule has 4 rings (SSSR count). The maximum Gasteiger partial charge on any atom is 0.322 e. The molecule has 11 heteroatoms. The van der Waals surface area contributed by atoms with Crippen LogP contribution in [0.15, 0.2) is 65.3 Å². The first-order valence-electron chi connectivity index (χ1n) is 14.6. The van der Waals surface area contributed by atoms with Crippen molar-refractivity contribution in [2.75, 3.05) is 78.6 Å². The van der Waals surface area contributed by atoms with Crippen molar-refractivity contribution in [3.8, 4) is 17.2 Å². The number of rotatable bonds is 15. The van der Waals surface area contributed by atoms with E-state index >= 15 is 0 Å². The van der Waals surface area contributed by atoms with Crippen LogP contribution in [0.2, 0.25) is 0 Å². The summed E-state index contributed by atoms with van der Waals surface area (Å²) in [5, 5.41) is 2.96. The van der Waals surface area contributed by atoms with Crippen LogP contribution in [-0.2, 0) is 22.5 Å². The second kappa shape index (κ2) is 16.4. The molecule has 2 heterocycles. The highest BCUT2D eigenvalue weighted by molar-refractivity contribution is 5.93. The first-order chi connectivity index (χ1) is 21.0. The van der Waals surface area contributed by atoms with Crippen molar-refractivity contribution < 1.29 is 33.0 Å². The maximum absolute atomic E-state index is 13.9. The summed E-state index contributed by atoms with van der Waals surface area (Å²) < 4.78 is 27.6. The molecule has 3 aromatic rings. The number of nitrogens with one attached hydrogen (secondary N) is 1. The quantitative estimate of drug-likeness (QED) is 0.280. The predicted octanol–water partition coefficient (Wildman–Crippen LogP) is 4.13.